The molecule has 0 fully saturated rings. The number of nitrogens with zero attached hydrogens (tertiary/aromatic N) is 4. The summed E-state index contributed by atoms with van der Waals surface area (Å²) in [6, 6.07) is 1.87. The molecule has 2 heterocycles. The second-order valence-electron chi connectivity index (χ2n) is 3.44. The van der Waals surface area contributed by atoms with E-state index in [0.717, 1.165) is 17.8 Å². The van der Waals surface area contributed by atoms with Gasteiger partial charge < -0.3 is 11.1 Å². The zero-order valence-electron chi connectivity index (χ0n) is 9.31. The molecule has 0 saturated carbocycles. The van der Waals surface area contributed by atoms with Gasteiger partial charge in [0.25, 0.3) is 0 Å². The van der Waals surface area contributed by atoms with Gasteiger partial charge in [0, 0.05) is 24.9 Å². The van der Waals surface area contributed by atoms with Crippen molar-refractivity contribution in [2.24, 2.45) is 7.05 Å². The van der Waals surface area contributed by atoms with Crippen molar-refractivity contribution in [1.29, 1.82) is 0 Å². The van der Waals surface area contributed by atoms with Gasteiger partial charge in [-0.1, -0.05) is 6.92 Å². The monoisotopic (exact) mass is 218 g/mol. The van der Waals surface area contributed by atoms with Gasteiger partial charge in [-0.25, -0.2) is 9.97 Å². The number of aryl methyl sites for hydroxylation is 1. The maximum Gasteiger partial charge on any atom is 0.153 e. The number of aromatic nitrogens is 4. The molecule has 0 aromatic carbocycles. The average Bonchev–Trinajstić information content (AvgIpc) is 2.64. The van der Waals surface area contributed by atoms with Crippen LogP contribution in [0.3, 0.4) is 0 Å². The maximum atomic E-state index is 5.77. The van der Waals surface area contributed by atoms with Gasteiger partial charge in [-0.2, -0.15) is 5.10 Å². The first-order valence-corrected chi connectivity index (χ1v) is 5.06. The first kappa shape index (κ1) is 10.4. The fourth-order valence-corrected chi connectivity index (χ4v) is 1.49. The number of nitrogens with two attached hydrogens (primary N) is 1. The Morgan fingerprint density at radius 1 is 1.44 bits per heavy atom. The summed E-state index contributed by atoms with van der Waals surface area (Å²) in [7, 11) is 1.86. The summed E-state index contributed by atoms with van der Waals surface area (Å²) in [5, 5.41) is 7.34. The quantitative estimate of drug-likeness (QED) is 0.806. The summed E-state index contributed by atoms with van der Waals surface area (Å²) < 4.78 is 1.72. The van der Waals surface area contributed by atoms with Crippen LogP contribution in [0.15, 0.2) is 18.6 Å². The summed E-state index contributed by atoms with van der Waals surface area (Å²) >= 11 is 0. The van der Waals surface area contributed by atoms with Gasteiger partial charge in [0.15, 0.2) is 5.82 Å². The highest BCUT2D eigenvalue weighted by Crippen LogP contribution is 2.20. The number of nitrogens with one attached hydrogen (secondary N) is 1. The molecule has 2 rings (SSSR count). The van der Waals surface area contributed by atoms with Crippen LogP contribution < -0.4 is 11.1 Å². The topological polar surface area (TPSA) is 81.6 Å². The lowest BCUT2D eigenvalue weighted by Crippen LogP contribution is -2.04. The first-order chi connectivity index (χ1) is 7.70. The Morgan fingerprint density at radius 2 is 2.25 bits per heavy atom. The number of anilines is 3. The highest BCUT2D eigenvalue weighted by Gasteiger charge is 2.08. The second kappa shape index (κ2) is 4.18. The molecule has 0 atom stereocenters. The minimum absolute atomic E-state index is 0.510. The molecular weight excluding hydrogens is 204 g/mol. The largest absolute Gasteiger partial charge is 0.383 e. The predicted molar refractivity (Wildman–Crippen MR) is 62.3 cm³/mol. The molecule has 0 unspecified atom stereocenters. The van der Waals surface area contributed by atoms with Crippen molar-refractivity contribution in [3.63, 3.8) is 0 Å². The van der Waals surface area contributed by atoms with Crippen molar-refractivity contribution in [3.8, 4) is 0 Å². The normalized spacial score (nSPS) is 10.4. The highest BCUT2D eigenvalue weighted by atomic mass is 15.3. The van der Waals surface area contributed by atoms with Crippen LogP contribution >= 0.6 is 0 Å². The number of hydrogen-bond donors (Lipinski definition) is 2. The Hall–Kier alpha value is -2.11. The van der Waals surface area contributed by atoms with Gasteiger partial charge in [0.1, 0.15) is 18.0 Å². The van der Waals surface area contributed by atoms with Crippen LogP contribution in [-0.4, -0.2) is 19.7 Å². The van der Waals surface area contributed by atoms with E-state index in [4.69, 9.17) is 5.73 Å². The van der Waals surface area contributed by atoms with E-state index in [0.29, 0.717) is 11.6 Å². The summed E-state index contributed by atoms with van der Waals surface area (Å²) in [5.74, 6) is 1.97. The molecule has 0 saturated heterocycles. The van der Waals surface area contributed by atoms with Crippen LogP contribution in [0.1, 0.15) is 12.5 Å². The summed E-state index contributed by atoms with van der Waals surface area (Å²) in [6.07, 6.45) is 4.08. The Kier molecular flexibility index (Phi) is 2.72. The highest BCUT2D eigenvalue weighted by molar-refractivity contribution is 5.61. The van der Waals surface area contributed by atoms with E-state index >= 15 is 0 Å². The van der Waals surface area contributed by atoms with E-state index in [9.17, 15) is 0 Å². The number of hydrogen-bond acceptors (Lipinski definition) is 5. The van der Waals surface area contributed by atoms with Crippen molar-refractivity contribution < 1.29 is 0 Å². The Labute approximate surface area is 93.5 Å². The van der Waals surface area contributed by atoms with Crippen LogP contribution in [0.4, 0.5) is 17.5 Å². The lowest BCUT2D eigenvalue weighted by molar-refractivity contribution is 0.771. The summed E-state index contributed by atoms with van der Waals surface area (Å²) in [5.41, 5.74) is 6.68. The lowest BCUT2D eigenvalue weighted by atomic mass is 10.2. The molecule has 0 bridgehead atoms. The standard InChI is InChI=1S/C10H14N6/c1-3-7-9(11)12-6-13-10(7)14-8-4-5-16(2)15-8/h4-6H,3H2,1-2H3,(H3,11,12,13,14,15). The number of rotatable bonds is 3. The summed E-state index contributed by atoms with van der Waals surface area (Å²) in [4.78, 5) is 8.12. The summed E-state index contributed by atoms with van der Waals surface area (Å²) in [6.45, 7) is 2.01. The molecule has 84 valence electrons. The van der Waals surface area contributed by atoms with Crippen LogP contribution in [0.25, 0.3) is 0 Å². The lowest BCUT2D eigenvalue weighted by Gasteiger charge is -2.08. The minimum atomic E-state index is 0.510. The number of nitrogen functional groups attached to an aromatic ring is 1. The van der Waals surface area contributed by atoms with Gasteiger partial charge in [0.2, 0.25) is 0 Å². The fourth-order valence-electron chi connectivity index (χ4n) is 1.49. The molecule has 6 heteroatoms. The third kappa shape index (κ3) is 1.95. The molecule has 0 aliphatic carbocycles. The molecule has 0 amide bonds. The zero-order chi connectivity index (χ0) is 11.5. The SMILES string of the molecule is CCc1c(N)ncnc1Nc1ccn(C)n1. The molecule has 0 aliphatic rings. The third-order valence-corrected chi connectivity index (χ3v) is 2.29. The van der Waals surface area contributed by atoms with E-state index in [1.165, 1.54) is 6.33 Å². The molecule has 16 heavy (non-hydrogen) atoms. The van der Waals surface area contributed by atoms with Gasteiger partial charge >= 0.3 is 0 Å². The first-order valence-electron chi connectivity index (χ1n) is 5.06. The van der Waals surface area contributed by atoms with Gasteiger partial charge in [-0.15, -0.1) is 0 Å². The molecule has 3 N–H and O–H groups in total. The van der Waals surface area contributed by atoms with Crippen molar-refractivity contribution >= 4 is 17.5 Å². The molecule has 0 aliphatic heterocycles. The van der Waals surface area contributed by atoms with Crippen LogP contribution in [0.2, 0.25) is 0 Å². The van der Waals surface area contributed by atoms with Crippen LogP contribution in [0, 0.1) is 0 Å². The average molecular weight is 218 g/mol. The van der Waals surface area contributed by atoms with Crippen molar-refractivity contribution in [2.75, 3.05) is 11.1 Å². The van der Waals surface area contributed by atoms with Crippen molar-refractivity contribution in [3.05, 3.63) is 24.2 Å². The third-order valence-electron chi connectivity index (χ3n) is 2.29. The molecule has 0 radical (unpaired) electrons. The molecule has 6 nitrogen and oxygen atoms in total. The van der Waals surface area contributed by atoms with E-state index in [2.05, 4.69) is 20.4 Å². The molecule has 2 aromatic rings. The predicted octanol–water partition coefficient (Wildman–Crippen LogP) is 1.10. The zero-order valence-corrected chi connectivity index (χ0v) is 9.31. The Morgan fingerprint density at radius 3 is 2.88 bits per heavy atom. The molecular formula is C10H14N6. The fraction of sp³-hybridized carbons (Fsp3) is 0.300. The van der Waals surface area contributed by atoms with Gasteiger partial charge in [-0.3, -0.25) is 4.68 Å². The maximum absolute atomic E-state index is 5.77. The van der Waals surface area contributed by atoms with E-state index in [1.54, 1.807) is 4.68 Å². The van der Waals surface area contributed by atoms with Crippen molar-refractivity contribution in [2.45, 2.75) is 13.3 Å². The Balaban J connectivity index is 2.30. The van der Waals surface area contributed by atoms with E-state index in [-0.39, 0.29) is 0 Å². The van der Waals surface area contributed by atoms with Crippen molar-refractivity contribution in [1.82, 2.24) is 19.7 Å². The van der Waals surface area contributed by atoms with E-state index in [1.807, 2.05) is 26.2 Å². The minimum Gasteiger partial charge on any atom is -0.383 e. The smallest absolute Gasteiger partial charge is 0.153 e. The van der Waals surface area contributed by atoms with Gasteiger partial charge in [0.05, 0.1) is 0 Å². The Bertz CT molecular complexity index is 490. The second-order valence-corrected chi connectivity index (χ2v) is 3.44. The molecule has 0 spiro atoms. The molecule has 2 aromatic heterocycles. The van der Waals surface area contributed by atoms with Crippen LogP contribution in [0.5, 0.6) is 0 Å². The van der Waals surface area contributed by atoms with Gasteiger partial charge in [-0.05, 0) is 6.42 Å². The van der Waals surface area contributed by atoms with E-state index < -0.39 is 0 Å². The van der Waals surface area contributed by atoms with Crippen LogP contribution in [-0.2, 0) is 13.5 Å².